The van der Waals surface area contributed by atoms with Crippen molar-refractivity contribution in [2.75, 3.05) is 19.6 Å². The Morgan fingerprint density at radius 2 is 0.800 bits per heavy atom. The fourth-order valence-corrected chi connectivity index (χ4v) is 2.89. The minimum absolute atomic E-state index is 1.22. The van der Waals surface area contributed by atoms with E-state index >= 15 is 0 Å². The second-order valence-corrected chi connectivity index (χ2v) is 6.27. The molecule has 0 bridgehead atoms. The van der Waals surface area contributed by atoms with Gasteiger partial charge in [0.1, 0.15) is 0 Å². The van der Waals surface area contributed by atoms with Gasteiger partial charge in [-0.15, -0.1) is 0 Å². The zero-order valence-electron chi connectivity index (χ0n) is 14.8. The van der Waals surface area contributed by atoms with Crippen LogP contribution >= 0.6 is 0 Å². The average molecular weight is 284 g/mol. The first kappa shape index (κ1) is 20.0. The molecule has 0 atom stereocenters. The Bertz CT molecular complexity index is 163. The van der Waals surface area contributed by atoms with Crippen LogP contribution in [0.15, 0.2) is 0 Å². The van der Waals surface area contributed by atoms with Gasteiger partial charge < -0.3 is 4.90 Å². The van der Waals surface area contributed by atoms with E-state index in [1.54, 1.807) is 0 Å². The van der Waals surface area contributed by atoms with Crippen LogP contribution in [0.1, 0.15) is 104 Å². The summed E-state index contributed by atoms with van der Waals surface area (Å²) in [5.41, 5.74) is 0. The smallest absolute Gasteiger partial charge is 0.00190 e. The Labute approximate surface area is 129 Å². The molecule has 0 saturated carbocycles. The van der Waals surface area contributed by atoms with Gasteiger partial charge in [0.2, 0.25) is 0 Å². The zero-order chi connectivity index (χ0) is 14.9. The van der Waals surface area contributed by atoms with Crippen molar-refractivity contribution < 1.29 is 0 Å². The number of hydrogen-bond donors (Lipinski definition) is 0. The third-order valence-corrected chi connectivity index (χ3v) is 4.47. The molecule has 1 heteroatoms. The highest BCUT2D eigenvalue weighted by atomic mass is 15.1. The predicted molar refractivity (Wildman–Crippen MR) is 93.5 cm³/mol. The van der Waals surface area contributed by atoms with Crippen LogP contribution in [-0.4, -0.2) is 24.5 Å². The fraction of sp³-hybridized carbons (Fsp3) is 1.00. The van der Waals surface area contributed by atoms with Crippen molar-refractivity contribution in [1.82, 2.24) is 4.90 Å². The fourth-order valence-electron chi connectivity index (χ4n) is 2.89. The van der Waals surface area contributed by atoms with Crippen LogP contribution in [0.5, 0.6) is 0 Å². The molecular weight excluding hydrogens is 242 g/mol. The van der Waals surface area contributed by atoms with Crippen molar-refractivity contribution in [1.29, 1.82) is 0 Å². The van der Waals surface area contributed by atoms with Gasteiger partial charge in [-0.2, -0.15) is 0 Å². The molecule has 0 saturated heterocycles. The third-order valence-electron chi connectivity index (χ3n) is 4.47. The highest BCUT2D eigenvalue weighted by molar-refractivity contribution is 4.53. The van der Waals surface area contributed by atoms with E-state index in [1.165, 1.54) is 103 Å². The number of nitrogens with zero attached hydrogens (tertiary/aromatic N) is 1. The lowest BCUT2D eigenvalue weighted by Crippen LogP contribution is -2.23. The lowest BCUT2D eigenvalue weighted by Gasteiger charge is -2.17. The Kier molecular flexibility index (Phi) is 17.0. The maximum atomic E-state index is 2.54. The van der Waals surface area contributed by atoms with Crippen molar-refractivity contribution in [3.05, 3.63) is 0 Å². The molecule has 0 amide bonds. The molecule has 0 unspecified atom stereocenters. The van der Waals surface area contributed by atoms with E-state index in [9.17, 15) is 0 Å². The summed E-state index contributed by atoms with van der Waals surface area (Å²) in [6, 6.07) is 0. The van der Waals surface area contributed by atoms with E-state index in [0.717, 1.165) is 0 Å². The molecule has 0 aliphatic heterocycles. The van der Waals surface area contributed by atoms with Crippen molar-refractivity contribution in [2.45, 2.75) is 104 Å². The maximum absolute atomic E-state index is 2.54. The van der Waals surface area contributed by atoms with Crippen LogP contribution in [-0.2, 0) is 0 Å². The van der Waals surface area contributed by atoms with E-state index in [-0.39, 0.29) is 0 Å². The molecule has 0 radical (unpaired) electrons. The zero-order valence-corrected chi connectivity index (χ0v) is 14.8. The molecule has 0 aromatic carbocycles. The van der Waals surface area contributed by atoms with Gasteiger partial charge in [-0.1, -0.05) is 97.8 Å². The maximum Gasteiger partial charge on any atom is -0.00190 e. The van der Waals surface area contributed by atoms with Crippen LogP contribution in [0.25, 0.3) is 0 Å². The van der Waals surface area contributed by atoms with Crippen LogP contribution in [0.3, 0.4) is 0 Å². The van der Waals surface area contributed by atoms with E-state index in [2.05, 4.69) is 25.7 Å². The van der Waals surface area contributed by atoms with Gasteiger partial charge in [0.15, 0.2) is 0 Å². The number of unbranched alkanes of at least 4 members (excludes halogenated alkanes) is 12. The standard InChI is InChI=1S/C19H41N/c1-4-7-8-9-10-11-12-13-14-15-16-17-18-19-20(5-2)6-3/h4-19H2,1-3H3. The van der Waals surface area contributed by atoms with Gasteiger partial charge in [-0.3, -0.25) is 0 Å². The number of hydrogen-bond acceptors (Lipinski definition) is 1. The van der Waals surface area contributed by atoms with Crippen LogP contribution in [0.4, 0.5) is 0 Å². The predicted octanol–water partition coefficient (Wildman–Crippen LogP) is 6.42. The van der Waals surface area contributed by atoms with E-state index in [0.29, 0.717) is 0 Å². The molecule has 1 nitrogen and oxygen atoms in total. The van der Waals surface area contributed by atoms with E-state index in [4.69, 9.17) is 0 Å². The molecule has 122 valence electrons. The van der Waals surface area contributed by atoms with Crippen LogP contribution in [0, 0.1) is 0 Å². The summed E-state index contributed by atoms with van der Waals surface area (Å²) in [7, 11) is 0. The molecule has 20 heavy (non-hydrogen) atoms. The second-order valence-electron chi connectivity index (χ2n) is 6.27. The largest absolute Gasteiger partial charge is 0.304 e. The first-order valence-corrected chi connectivity index (χ1v) is 9.57. The highest BCUT2D eigenvalue weighted by Crippen LogP contribution is 2.12. The molecule has 0 rings (SSSR count). The van der Waals surface area contributed by atoms with Gasteiger partial charge in [-0.25, -0.2) is 0 Å². The third kappa shape index (κ3) is 14.4. The SMILES string of the molecule is CCCCCCCCCCCCCCCN(CC)CC. The van der Waals surface area contributed by atoms with Gasteiger partial charge >= 0.3 is 0 Å². The normalized spacial score (nSPS) is 11.4. The minimum Gasteiger partial charge on any atom is -0.304 e. The first-order valence-electron chi connectivity index (χ1n) is 9.57. The summed E-state index contributed by atoms with van der Waals surface area (Å²) in [6.07, 6.45) is 18.9. The lowest BCUT2D eigenvalue weighted by molar-refractivity contribution is 0.295. The average Bonchev–Trinajstić information content (AvgIpc) is 2.48. The summed E-state index contributed by atoms with van der Waals surface area (Å²) in [5, 5.41) is 0. The Morgan fingerprint density at radius 1 is 0.450 bits per heavy atom. The highest BCUT2D eigenvalue weighted by Gasteiger charge is 1.98. The van der Waals surface area contributed by atoms with E-state index < -0.39 is 0 Å². The van der Waals surface area contributed by atoms with Gasteiger partial charge in [0, 0.05) is 0 Å². The summed E-state index contributed by atoms with van der Waals surface area (Å²) < 4.78 is 0. The molecule has 0 aromatic rings. The molecule has 0 aliphatic carbocycles. The summed E-state index contributed by atoms with van der Waals surface area (Å²) in [5.74, 6) is 0. The summed E-state index contributed by atoms with van der Waals surface area (Å²) >= 11 is 0. The molecule has 0 N–H and O–H groups in total. The van der Waals surface area contributed by atoms with Gasteiger partial charge in [0.05, 0.1) is 0 Å². The molecule has 0 aliphatic rings. The van der Waals surface area contributed by atoms with Crippen molar-refractivity contribution in [3.63, 3.8) is 0 Å². The van der Waals surface area contributed by atoms with E-state index in [1.807, 2.05) is 0 Å². The number of rotatable bonds is 16. The monoisotopic (exact) mass is 283 g/mol. The molecule has 0 heterocycles. The van der Waals surface area contributed by atoms with Crippen LogP contribution in [0.2, 0.25) is 0 Å². The summed E-state index contributed by atoms with van der Waals surface area (Å²) in [6.45, 7) is 10.6. The van der Waals surface area contributed by atoms with Crippen molar-refractivity contribution >= 4 is 0 Å². The lowest BCUT2D eigenvalue weighted by atomic mass is 10.0. The minimum atomic E-state index is 1.22. The molecule has 0 spiro atoms. The summed E-state index contributed by atoms with van der Waals surface area (Å²) in [4.78, 5) is 2.54. The van der Waals surface area contributed by atoms with Gasteiger partial charge in [-0.05, 0) is 26.1 Å². The Hall–Kier alpha value is -0.0400. The molecule has 0 fully saturated rings. The Morgan fingerprint density at radius 3 is 1.15 bits per heavy atom. The quantitative estimate of drug-likeness (QED) is 0.295. The topological polar surface area (TPSA) is 3.24 Å². The molecular formula is C19H41N. The second kappa shape index (κ2) is 17.0. The van der Waals surface area contributed by atoms with Crippen molar-refractivity contribution in [3.8, 4) is 0 Å². The first-order chi connectivity index (χ1) is 9.85. The Balaban J connectivity index is 3.02. The van der Waals surface area contributed by atoms with Crippen LogP contribution < -0.4 is 0 Å². The van der Waals surface area contributed by atoms with Crippen molar-refractivity contribution in [2.24, 2.45) is 0 Å². The van der Waals surface area contributed by atoms with Gasteiger partial charge in [0.25, 0.3) is 0 Å². The molecule has 0 aromatic heterocycles.